The van der Waals surface area contributed by atoms with Crippen molar-refractivity contribution in [1.82, 2.24) is 15.2 Å². The molecule has 3 N–H and O–H groups in total. The van der Waals surface area contributed by atoms with Crippen LogP contribution in [0.25, 0.3) is 0 Å². The summed E-state index contributed by atoms with van der Waals surface area (Å²) < 4.78 is 1.98. The average molecular weight is 304 g/mol. The summed E-state index contributed by atoms with van der Waals surface area (Å²) in [6.07, 6.45) is 2.87. The molecule has 21 heavy (non-hydrogen) atoms. The van der Waals surface area contributed by atoms with Crippen molar-refractivity contribution in [2.24, 2.45) is 5.84 Å². The molecule has 2 aromatic rings. The molecule has 5 heteroatoms. The van der Waals surface area contributed by atoms with E-state index >= 15 is 0 Å². The van der Waals surface area contributed by atoms with Gasteiger partial charge in [-0.25, -0.2) is 0 Å². The molecule has 1 heterocycles. The fourth-order valence-electron chi connectivity index (χ4n) is 2.09. The van der Waals surface area contributed by atoms with Crippen molar-refractivity contribution in [3.63, 3.8) is 0 Å². The number of hydrazine groups is 1. The number of nitrogens with zero attached hydrogens (tertiary/aromatic N) is 2. The van der Waals surface area contributed by atoms with E-state index in [4.69, 9.17) is 5.84 Å². The lowest BCUT2D eigenvalue weighted by Gasteiger charge is -2.14. The van der Waals surface area contributed by atoms with Crippen LogP contribution < -0.4 is 11.3 Å². The zero-order valence-electron chi connectivity index (χ0n) is 12.9. The summed E-state index contributed by atoms with van der Waals surface area (Å²) in [4.78, 5) is 1.28. The van der Waals surface area contributed by atoms with Crippen molar-refractivity contribution in [2.75, 3.05) is 5.75 Å². The van der Waals surface area contributed by atoms with Gasteiger partial charge in [-0.2, -0.15) is 5.10 Å². The van der Waals surface area contributed by atoms with E-state index in [9.17, 15) is 0 Å². The van der Waals surface area contributed by atoms with Crippen LogP contribution in [0.5, 0.6) is 0 Å². The Morgan fingerprint density at radius 1 is 1.33 bits per heavy atom. The first-order valence-electron chi connectivity index (χ1n) is 7.28. The fourth-order valence-corrected chi connectivity index (χ4v) is 3.15. The minimum absolute atomic E-state index is 0.214. The maximum absolute atomic E-state index is 5.68. The first kappa shape index (κ1) is 16.1. The Hall–Kier alpha value is -1.30. The Balaban J connectivity index is 1.90. The number of nitrogens with one attached hydrogen (secondary N) is 1. The molecule has 0 aliphatic heterocycles. The summed E-state index contributed by atoms with van der Waals surface area (Å²) in [6.45, 7) is 6.37. The Labute approximate surface area is 131 Å². The van der Waals surface area contributed by atoms with Gasteiger partial charge >= 0.3 is 0 Å². The van der Waals surface area contributed by atoms with Crippen molar-refractivity contribution in [1.29, 1.82) is 0 Å². The summed E-state index contributed by atoms with van der Waals surface area (Å²) in [5.41, 5.74) is 5.27. The molecule has 0 aliphatic rings. The SMILES string of the molecule is Cc1cccc(SCC(Cc2ccn(C(C)C)n2)NN)c1. The fraction of sp³-hybridized carbons (Fsp3) is 0.438. The van der Waals surface area contributed by atoms with Gasteiger partial charge in [-0.3, -0.25) is 16.0 Å². The van der Waals surface area contributed by atoms with Gasteiger partial charge in [0.1, 0.15) is 0 Å². The van der Waals surface area contributed by atoms with Crippen LogP contribution in [0.3, 0.4) is 0 Å². The summed E-state index contributed by atoms with van der Waals surface area (Å²) >= 11 is 1.82. The molecule has 0 amide bonds. The van der Waals surface area contributed by atoms with Crippen molar-refractivity contribution < 1.29 is 0 Å². The van der Waals surface area contributed by atoms with E-state index in [1.807, 2.05) is 22.6 Å². The number of thioether (sulfide) groups is 1. The Bertz CT molecular complexity index is 565. The number of hydrogen-bond acceptors (Lipinski definition) is 4. The smallest absolute Gasteiger partial charge is 0.0641 e. The molecule has 2 rings (SSSR count). The first-order valence-corrected chi connectivity index (χ1v) is 8.26. The highest BCUT2D eigenvalue weighted by molar-refractivity contribution is 7.99. The van der Waals surface area contributed by atoms with E-state index < -0.39 is 0 Å². The van der Waals surface area contributed by atoms with Crippen LogP contribution in [0.1, 0.15) is 31.1 Å². The first-order chi connectivity index (χ1) is 10.1. The Kier molecular flexibility index (Phi) is 5.85. The zero-order valence-corrected chi connectivity index (χ0v) is 13.7. The topological polar surface area (TPSA) is 55.9 Å². The molecular weight excluding hydrogens is 280 g/mol. The number of nitrogens with two attached hydrogens (primary N) is 1. The Morgan fingerprint density at radius 3 is 2.76 bits per heavy atom. The van der Waals surface area contributed by atoms with Gasteiger partial charge in [0.15, 0.2) is 0 Å². The van der Waals surface area contributed by atoms with Gasteiger partial charge in [0, 0.05) is 35.3 Å². The molecule has 0 radical (unpaired) electrons. The van der Waals surface area contributed by atoms with Crippen LogP contribution in [-0.4, -0.2) is 21.6 Å². The zero-order chi connectivity index (χ0) is 15.2. The summed E-state index contributed by atoms with van der Waals surface area (Å²) in [6, 6.07) is 11.2. The van der Waals surface area contributed by atoms with Crippen molar-refractivity contribution in [3.8, 4) is 0 Å². The third-order valence-electron chi connectivity index (χ3n) is 3.32. The van der Waals surface area contributed by atoms with Crippen LogP contribution in [0.15, 0.2) is 41.4 Å². The van der Waals surface area contributed by atoms with Crippen molar-refractivity contribution in [2.45, 2.75) is 44.2 Å². The predicted octanol–water partition coefficient (Wildman–Crippen LogP) is 2.94. The average Bonchev–Trinajstić information content (AvgIpc) is 2.92. The van der Waals surface area contributed by atoms with Gasteiger partial charge in [0.05, 0.1) is 5.69 Å². The van der Waals surface area contributed by atoms with E-state index in [1.54, 1.807) is 0 Å². The maximum atomic E-state index is 5.68. The molecule has 114 valence electrons. The van der Waals surface area contributed by atoms with E-state index in [0.717, 1.165) is 17.9 Å². The lowest BCUT2D eigenvalue weighted by molar-refractivity contribution is 0.513. The van der Waals surface area contributed by atoms with Crippen LogP contribution in [0.2, 0.25) is 0 Å². The molecule has 1 aromatic heterocycles. The maximum Gasteiger partial charge on any atom is 0.0641 e. The van der Waals surface area contributed by atoms with Crippen LogP contribution in [0, 0.1) is 6.92 Å². The van der Waals surface area contributed by atoms with Gasteiger partial charge in [-0.1, -0.05) is 17.7 Å². The lowest BCUT2D eigenvalue weighted by atomic mass is 10.2. The highest BCUT2D eigenvalue weighted by Crippen LogP contribution is 2.20. The number of rotatable bonds is 7. The van der Waals surface area contributed by atoms with Gasteiger partial charge in [0.25, 0.3) is 0 Å². The van der Waals surface area contributed by atoms with Crippen molar-refractivity contribution >= 4 is 11.8 Å². The molecule has 0 saturated carbocycles. The van der Waals surface area contributed by atoms with E-state index in [-0.39, 0.29) is 6.04 Å². The molecule has 1 aromatic carbocycles. The van der Waals surface area contributed by atoms with Gasteiger partial charge in [-0.15, -0.1) is 11.8 Å². The molecule has 0 fully saturated rings. The summed E-state index contributed by atoms with van der Waals surface area (Å²) in [7, 11) is 0. The lowest BCUT2D eigenvalue weighted by Crippen LogP contribution is -2.38. The minimum Gasteiger partial charge on any atom is -0.271 e. The third kappa shape index (κ3) is 4.88. The highest BCUT2D eigenvalue weighted by Gasteiger charge is 2.11. The molecule has 0 spiro atoms. The second-order valence-corrected chi connectivity index (χ2v) is 6.67. The third-order valence-corrected chi connectivity index (χ3v) is 4.48. The van der Waals surface area contributed by atoms with E-state index in [0.29, 0.717) is 6.04 Å². The molecule has 4 nitrogen and oxygen atoms in total. The van der Waals surface area contributed by atoms with Crippen molar-refractivity contribution in [3.05, 3.63) is 47.8 Å². The normalized spacial score (nSPS) is 12.8. The van der Waals surface area contributed by atoms with E-state index in [1.165, 1.54) is 10.5 Å². The minimum atomic E-state index is 0.214. The largest absolute Gasteiger partial charge is 0.271 e. The van der Waals surface area contributed by atoms with E-state index in [2.05, 4.69) is 61.6 Å². The number of hydrogen-bond donors (Lipinski definition) is 2. The summed E-state index contributed by atoms with van der Waals surface area (Å²) in [5.74, 6) is 6.61. The second-order valence-electron chi connectivity index (χ2n) is 5.58. The van der Waals surface area contributed by atoms with Crippen LogP contribution in [0.4, 0.5) is 0 Å². The predicted molar refractivity (Wildman–Crippen MR) is 89.3 cm³/mol. The monoisotopic (exact) mass is 304 g/mol. The second kappa shape index (κ2) is 7.64. The molecule has 0 saturated heterocycles. The number of aromatic nitrogens is 2. The quantitative estimate of drug-likeness (QED) is 0.469. The number of benzene rings is 1. The summed E-state index contributed by atoms with van der Waals surface area (Å²) in [5, 5.41) is 4.58. The van der Waals surface area contributed by atoms with Crippen LogP contribution in [-0.2, 0) is 6.42 Å². The van der Waals surface area contributed by atoms with Gasteiger partial charge < -0.3 is 0 Å². The molecular formula is C16H24N4S. The molecule has 1 atom stereocenters. The highest BCUT2D eigenvalue weighted by atomic mass is 32.2. The molecule has 0 bridgehead atoms. The van der Waals surface area contributed by atoms with Crippen LogP contribution >= 0.6 is 11.8 Å². The number of aryl methyl sites for hydroxylation is 1. The van der Waals surface area contributed by atoms with Gasteiger partial charge in [0.2, 0.25) is 0 Å². The molecule has 1 unspecified atom stereocenters. The van der Waals surface area contributed by atoms with Gasteiger partial charge in [-0.05, 0) is 39.0 Å². The standard InChI is InChI=1S/C16H24N4S/c1-12(2)20-8-7-14(19-20)10-15(18-17)11-21-16-6-4-5-13(3)9-16/h4-9,12,15,18H,10-11,17H2,1-3H3. The Morgan fingerprint density at radius 2 is 2.14 bits per heavy atom. The molecule has 0 aliphatic carbocycles.